The number of hydrogen-bond acceptors (Lipinski definition) is 0. The first kappa shape index (κ1) is 9.26. The molecule has 0 spiro atoms. The van der Waals surface area contributed by atoms with E-state index in [2.05, 4.69) is 46.3 Å². The zero-order chi connectivity index (χ0) is 9.15. The van der Waals surface area contributed by atoms with Crippen molar-refractivity contribution in [3.8, 4) is 0 Å². The molecular weight excluding hydrogens is 224 g/mol. The molecule has 1 saturated carbocycles. The summed E-state index contributed by atoms with van der Waals surface area (Å²) < 4.78 is 0. The highest BCUT2D eigenvalue weighted by Gasteiger charge is 2.42. The highest BCUT2D eigenvalue weighted by molar-refractivity contribution is 9.09. The second-order valence-electron chi connectivity index (χ2n) is 3.94. The fourth-order valence-electron chi connectivity index (χ4n) is 2.03. The van der Waals surface area contributed by atoms with Crippen molar-refractivity contribution in [1.29, 1.82) is 0 Å². The number of hydrogen-bond donors (Lipinski definition) is 0. The lowest BCUT2D eigenvalue weighted by Crippen LogP contribution is -2.05. The molecule has 0 N–H and O–H groups in total. The smallest absolute Gasteiger partial charge is 0.00316 e. The predicted octanol–water partition coefficient (Wildman–Crippen LogP) is 3.89. The van der Waals surface area contributed by atoms with Gasteiger partial charge in [-0.25, -0.2) is 0 Å². The lowest BCUT2D eigenvalue weighted by atomic mass is 9.91. The molecule has 2 rings (SSSR count). The van der Waals surface area contributed by atoms with E-state index in [9.17, 15) is 0 Å². The zero-order valence-corrected chi connectivity index (χ0v) is 9.39. The molecule has 1 fully saturated rings. The Morgan fingerprint density at radius 2 is 1.85 bits per heavy atom. The summed E-state index contributed by atoms with van der Waals surface area (Å²) in [6.07, 6.45) is 5.44. The molecule has 1 aromatic carbocycles. The van der Waals surface area contributed by atoms with E-state index in [1.165, 1.54) is 25.7 Å². The van der Waals surface area contributed by atoms with Gasteiger partial charge < -0.3 is 0 Å². The molecule has 0 aliphatic heterocycles. The van der Waals surface area contributed by atoms with Crippen LogP contribution < -0.4 is 0 Å². The number of benzene rings is 1. The van der Waals surface area contributed by atoms with Crippen molar-refractivity contribution in [2.45, 2.75) is 31.1 Å². The topological polar surface area (TPSA) is 0 Å². The molecule has 0 saturated heterocycles. The highest BCUT2D eigenvalue weighted by atomic mass is 79.9. The Kier molecular flexibility index (Phi) is 2.73. The quantitative estimate of drug-likeness (QED) is 0.699. The second kappa shape index (κ2) is 3.83. The van der Waals surface area contributed by atoms with Crippen LogP contribution in [0.15, 0.2) is 30.3 Å². The molecule has 0 atom stereocenters. The van der Waals surface area contributed by atoms with Gasteiger partial charge in [-0.1, -0.05) is 46.3 Å². The summed E-state index contributed by atoms with van der Waals surface area (Å²) in [7, 11) is 0. The van der Waals surface area contributed by atoms with E-state index < -0.39 is 0 Å². The van der Waals surface area contributed by atoms with E-state index in [0.717, 1.165) is 5.33 Å². The van der Waals surface area contributed by atoms with Crippen LogP contribution in [0, 0.1) is 0 Å². The van der Waals surface area contributed by atoms with Gasteiger partial charge in [0.15, 0.2) is 0 Å². The van der Waals surface area contributed by atoms with Gasteiger partial charge in [-0.05, 0) is 36.7 Å². The normalized spacial score (nSPS) is 18.5. The maximum atomic E-state index is 3.50. The van der Waals surface area contributed by atoms with Crippen molar-refractivity contribution in [3.63, 3.8) is 0 Å². The molecule has 70 valence electrons. The molecule has 0 nitrogen and oxygen atoms in total. The number of rotatable bonds is 4. The number of halogens is 1. The molecular formula is C12H15Br. The molecule has 0 aromatic heterocycles. The van der Waals surface area contributed by atoms with Gasteiger partial charge in [0.2, 0.25) is 0 Å². The van der Waals surface area contributed by atoms with Crippen LogP contribution in [-0.4, -0.2) is 5.33 Å². The van der Waals surface area contributed by atoms with Crippen molar-refractivity contribution in [3.05, 3.63) is 35.9 Å². The van der Waals surface area contributed by atoms with Crippen molar-refractivity contribution in [1.82, 2.24) is 0 Å². The van der Waals surface area contributed by atoms with E-state index in [1.54, 1.807) is 5.56 Å². The van der Waals surface area contributed by atoms with Gasteiger partial charge in [-0.3, -0.25) is 0 Å². The summed E-state index contributed by atoms with van der Waals surface area (Å²) in [6.45, 7) is 0. The lowest BCUT2D eigenvalue weighted by Gasteiger charge is -2.14. The van der Waals surface area contributed by atoms with Crippen LogP contribution in [0.25, 0.3) is 0 Å². The first-order valence-corrected chi connectivity index (χ1v) is 6.11. The summed E-state index contributed by atoms with van der Waals surface area (Å²) in [6, 6.07) is 11.0. The van der Waals surface area contributed by atoms with Gasteiger partial charge in [0.25, 0.3) is 0 Å². The molecule has 0 amide bonds. The molecule has 1 aromatic rings. The maximum Gasteiger partial charge on any atom is 0.00316 e. The second-order valence-corrected chi connectivity index (χ2v) is 4.73. The third-order valence-corrected chi connectivity index (χ3v) is 3.59. The first-order valence-electron chi connectivity index (χ1n) is 4.99. The van der Waals surface area contributed by atoms with Gasteiger partial charge >= 0.3 is 0 Å². The Morgan fingerprint density at radius 1 is 1.15 bits per heavy atom. The van der Waals surface area contributed by atoms with Crippen molar-refractivity contribution >= 4 is 15.9 Å². The summed E-state index contributed by atoms with van der Waals surface area (Å²) in [4.78, 5) is 0. The van der Waals surface area contributed by atoms with E-state index in [1.807, 2.05) is 0 Å². The first-order chi connectivity index (χ1) is 6.37. The third-order valence-electron chi connectivity index (χ3n) is 3.03. The predicted molar refractivity (Wildman–Crippen MR) is 60.4 cm³/mol. The van der Waals surface area contributed by atoms with E-state index in [4.69, 9.17) is 0 Å². The van der Waals surface area contributed by atoms with Crippen molar-refractivity contribution < 1.29 is 0 Å². The van der Waals surface area contributed by atoms with Crippen LogP contribution >= 0.6 is 15.9 Å². The summed E-state index contributed by atoms with van der Waals surface area (Å²) >= 11 is 3.50. The van der Waals surface area contributed by atoms with Gasteiger partial charge in [-0.15, -0.1) is 0 Å². The number of alkyl halides is 1. The minimum atomic E-state index is 0.565. The lowest BCUT2D eigenvalue weighted by molar-refractivity contribution is 0.611. The fraction of sp³-hybridized carbons (Fsp3) is 0.500. The SMILES string of the molecule is BrCCCC1(c2ccccc2)CC1. The Balaban J connectivity index is 2.07. The van der Waals surface area contributed by atoms with E-state index in [0.29, 0.717) is 5.41 Å². The van der Waals surface area contributed by atoms with Crippen LogP contribution in [0.3, 0.4) is 0 Å². The minimum Gasteiger partial charge on any atom is -0.0928 e. The van der Waals surface area contributed by atoms with Gasteiger partial charge in [0.05, 0.1) is 0 Å². The maximum absolute atomic E-state index is 3.50. The van der Waals surface area contributed by atoms with Crippen molar-refractivity contribution in [2.75, 3.05) is 5.33 Å². The highest BCUT2D eigenvalue weighted by Crippen LogP contribution is 2.51. The molecule has 0 heterocycles. The third kappa shape index (κ3) is 1.96. The summed E-state index contributed by atoms with van der Waals surface area (Å²) in [5.41, 5.74) is 2.12. The van der Waals surface area contributed by atoms with Gasteiger partial charge in [-0.2, -0.15) is 0 Å². The monoisotopic (exact) mass is 238 g/mol. The molecule has 1 aliphatic carbocycles. The van der Waals surface area contributed by atoms with Crippen molar-refractivity contribution in [2.24, 2.45) is 0 Å². The Bertz CT molecular complexity index is 262. The minimum absolute atomic E-state index is 0.565. The standard InChI is InChI=1S/C12H15Br/c13-10-4-7-12(8-9-12)11-5-2-1-3-6-11/h1-3,5-6H,4,7-10H2. The molecule has 1 heteroatoms. The average molecular weight is 239 g/mol. The zero-order valence-electron chi connectivity index (χ0n) is 7.80. The molecule has 0 unspecified atom stereocenters. The van der Waals surface area contributed by atoms with Crippen LogP contribution in [0.5, 0.6) is 0 Å². The summed E-state index contributed by atoms with van der Waals surface area (Å²) in [5, 5.41) is 1.14. The fourth-order valence-corrected chi connectivity index (χ4v) is 2.31. The Hall–Kier alpha value is -0.300. The molecule has 13 heavy (non-hydrogen) atoms. The van der Waals surface area contributed by atoms with Gasteiger partial charge in [0.1, 0.15) is 0 Å². The molecule has 0 radical (unpaired) electrons. The van der Waals surface area contributed by atoms with E-state index in [-0.39, 0.29) is 0 Å². The van der Waals surface area contributed by atoms with Crippen LogP contribution in [0.2, 0.25) is 0 Å². The van der Waals surface area contributed by atoms with E-state index >= 15 is 0 Å². The van der Waals surface area contributed by atoms with Gasteiger partial charge in [0, 0.05) is 5.33 Å². The Labute approximate surface area is 88.5 Å². The van der Waals surface area contributed by atoms with Crippen LogP contribution in [0.4, 0.5) is 0 Å². The largest absolute Gasteiger partial charge is 0.0928 e. The average Bonchev–Trinajstić information content (AvgIpc) is 2.97. The van der Waals surface area contributed by atoms with Crippen LogP contribution in [-0.2, 0) is 5.41 Å². The molecule has 0 bridgehead atoms. The summed E-state index contributed by atoms with van der Waals surface area (Å²) in [5.74, 6) is 0. The Morgan fingerprint density at radius 3 is 2.38 bits per heavy atom. The van der Waals surface area contributed by atoms with Crippen LogP contribution in [0.1, 0.15) is 31.2 Å². The molecule has 1 aliphatic rings.